The Balaban J connectivity index is 2.16. The summed E-state index contributed by atoms with van der Waals surface area (Å²) in [6, 6.07) is 0. The molecule has 0 radical (unpaired) electrons. The van der Waals surface area contributed by atoms with Gasteiger partial charge in [-0.05, 0) is 45.5 Å². The van der Waals surface area contributed by atoms with Crippen LogP contribution in [0.4, 0.5) is 10.8 Å². The van der Waals surface area contributed by atoms with Gasteiger partial charge in [0.05, 0.1) is 5.56 Å². The highest BCUT2D eigenvalue weighted by Crippen LogP contribution is 2.40. The van der Waals surface area contributed by atoms with E-state index < -0.39 is 0 Å². The van der Waals surface area contributed by atoms with Gasteiger partial charge in [0.15, 0.2) is 0 Å². The van der Waals surface area contributed by atoms with E-state index in [4.69, 9.17) is 5.73 Å². The lowest BCUT2D eigenvalue weighted by atomic mass is 10.3. The molecule has 2 aromatic heterocycles. The van der Waals surface area contributed by atoms with Crippen molar-refractivity contribution in [3.63, 3.8) is 0 Å². The molecule has 0 amide bonds. The van der Waals surface area contributed by atoms with Gasteiger partial charge in [-0.25, -0.2) is 4.98 Å². The summed E-state index contributed by atoms with van der Waals surface area (Å²) >= 11 is 3.07. The molecule has 5 nitrogen and oxygen atoms in total. The molecule has 2 rings (SSSR count). The topological polar surface area (TPSA) is 58.3 Å². The zero-order valence-electron chi connectivity index (χ0n) is 12.4. The van der Waals surface area contributed by atoms with E-state index in [-0.39, 0.29) is 0 Å². The third kappa shape index (κ3) is 3.47. The molecule has 0 atom stereocenters. The molecule has 0 spiro atoms. The maximum absolute atomic E-state index is 6.03. The van der Waals surface area contributed by atoms with Gasteiger partial charge in [-0.2, -0.15) is 4.37 Å². The normalized spacial score (nSPS) is 11.2. The van der Waals surface area contributed by atoms with E-state index in [1.165, 1.54) is 11.5 Å². The summed E-state index contributed by atoms with van der Waals surface area (Å²) in [7, 11) is 6.27. The average Bonchev–Trinajstić information content (AvgIpc) is 2.94. The van der Waals surface area contributed by atoms with Gasteiger partial charge >= 0.3 is 0 Å². The van der Waals surface area contributed by atoms with E-state index in [2.05, 4.69) is 40.3 Å². The van der Waals surface area contributed by atoms with Crippen molar-refractivity contribution in [2.45, 2.75) is 13.3 Å². The van der Waals surface area contributed by atoms with Crippen molar-refractivity contribution in [1.29, 1.82) is 0 Å². The lowest BCUT2D eigenvalue weighted by Gasteiger charge is -2.19. The molecule has 0 fully saturated rings. The number of aromatic nitrogens is 2. The molecular weight excluding hydrogens is 290 g/mol. The molecule has 0 aliphatic rings. The molecule has 2 aromatic rings. The number of hydrogen-bond donors (Lipinski definition) is 1. The van der Waals surface area contributed by atoms with Crippen LogP contribution in [0.5, 0.6) is 0 Å². The molecule has 0 saturated heterocycles. The van der Waals surface area contributed by atoms with Gasteiger partial charge in [0, 0.05) is 24.7 Å². The predicted octanol–water partition coefficient (Wildman–Crippen LogP) is 2.55. The number of aryl methyl sites for hydroxylation is 1. The van der Waals surface area contributed by atoms with Crippen molar-refractivity contribution >= 4 is 33.7 Å². The smallest absolute Gasteiger partial charge is 0.149 e. The first-order chi connectivity index (χ1) is 9.49. The van der Waals surface area contributed by atoms with Crippen LogP contribution in [0.2, 0.25) is 0 Å². The van der Waals surface area contributed by atoms with E-state index in [0.717, 1.165) is 40.8 Å². The molecule has 0 aromatic carbocycles. The maximum atomic E-state index is 6.03. The highest BCUT2D eigenvalue weighted by Gasteiger charge is 2.19. The maximum Gasteiger partial charge on any atom is 0.149 e. The van der Waals surface area contributed by atoms with Crippen LogP contribution in [0.25, 0.3) is 10.6 Å². The number of hydrogen-bond acceptors (Lipinski definition) is 7. The molecule has 0 unspecified atom stereocenters. The monoisotopic (exact) mass is 311 g/mol. The van der Waals surface area contributed by atoms with Crippen LogP contribution in [-0.4, -0.2) is 48.5 Å². The van der Waals surface area contributed by atoms with Crippen molar-refractivity contribution in [1.82, 2.24) is 14.3 Å². The van der Waals surface area contributed by atoms with Crippen LogP contribution in [0.15, 0.2) is 5.38 Å². The largest absolute Gasteiger partial charge is 0.382 e. The minimum absolute atomic E-state index is 0.582. The Labute approximate surface area is 128 Å². The highest BCUT2D eigenvalue weighted by molar-refractivity contribution is 7.15. The Morgan fingerprint density at radius 2 is 2.00 bits per heavy atom. The SMILES string of the molecule is Cc1csc(-c2c(N)nsc2N(C)CCCN(C)C)n1. The Hall–Kier alpha value is -1.18. The van der Waals surface area contributed by atoms with E-state index in [9.17, 15) is 0 Å². The molecule has 7 heteroatoms. The van der Waals surface area contributed by atoms with Crippen LogP contribution >= 0.6 is 22.9 Å². The Morgan fingerprint density at radius 1 is 1.25 bits per heavy atom. The van der Waals surface area contributed by atoms with Gasteiger partial charge < -0.3 is 15.5 Å². The fourth-order valence-corrected chi connectivity index (χ4v) is 3.66. The zero-order chi connectivity index (χ0) is 14.7. The number of anilines is 2. The second-order valence-corrected chi connectivity index (χ2v) is 6.73. The van der Waals surface area contributed by atoms with Gasteiger partial charge in [-0.3, -0.25) is 0 Å². The second-order valence-electron chi connectivity index (χ2n) is 5.12. The van der Waals surface area contributed by atoms with Crippen LogP contribution in [0.3, 0.4) is 0 Å². The van der Waals surface area contributed by atoms with Crippen LogP contribution < -0.4 is 10.6 Å². The van der Waals surface area contributed by atoms with Crippen LogP contribution in [0.1, 0.15) is 12.1 Å². The Bertz CT molecular complexity index is 561. The quantitative estimate of drug-likeness (QED) is 0.888. The number of nitrogens with two attached hydrogens (primary N) is 1. The zero-order valence-corrected chi connectivity index (χ0v) is 14.0. The minimum Gasteiger partial charge on any atom is -0.382 e. The lowest BCUT2D eigenvalue weighted by molar-refractivity contribution is 0.402. The number of thiazole rings is 1. The first-order valence-electron chi connectivity index (χ1n) is 6.52. The standard InChI is InChI=1S/C13H21N5S2/c1-9-8-19-12(15-9)10-11(14)16-20-13(10)18(4)7-5-6-17(2)3/h8H,5-7H2,1-4H3,(H2,14,16). The number of nitrogen functional groups attached to an aromatic ring is 1. The fraction of sp³-hybridized carbons (Fsp3) is 0.538. The predicted molar refractivity (Wildman–Crippen MR) is 88.8 cm³/mol. The third-order valence-electron chi connectivity index (χ3n) is 2.98. The minimum atomic E-state index is 0.582. The van der Waals surface area contributed by atoms with Crippen LogP contribution in [0, 0.1) is 6.92 Å². The number of nitrogens with zero attached hydrogens (tertiary/aromatic N) is 4. The van der Waals surface area contributed by atoms with Crippen molar-refractivity contribution in [3.05, 3.63) is 11.1 Å². The van der Waals surface area contributed by atoms with Gasteiger partial charge in [0.25, 0.3) is 0 Å². The van der Waals surface area contributed by atoms with E-state index in [1.54, 1.807) is 11.3 Å². The molecule has 0 aliphatic heterocycles. The summed E-state index contributed by atoms with van der Waals surface area (Å²) in [5.74, 6) is 0.582. The lowest BCUT2D eigenvalue weighted by Crippen LogP contribution is -2.23. The average molecular weight is 311 g/mol. The fourth-order valence-electron chi connectivity index (χ4n) is 1.95. The highest BCUT2D eigenvalue weighted by atomic mass is 32.1. The molecule has 2 N–H and O–H groups in total. The third-order valence-corrected chi connectivity index (χ3v) is 4.93. The first-order valence-corrected chi connectivity index (χ1v) is 8.18. The molecule has 110 valence electrons. The molecule has 0 saturated carbocycles. The summed E-state index contributed by atoms with van der Waals surface area (Å²) in [5, 5.41) is 4.11. The first kappa shape index (κ1) is 15.2. The summed E-state index contributed by atoms with van der Waals surface area (Å²) in [6.45, 7) is 4.05. The van der Waals surface area contributed by atoms with Gasteiger partial charge in [0.1, 0.15) is 15.8 Å². The van der Waals surface area contributed by atoms with Crippen molar-refractivity contribution in [2.24, 2.45) is 0 Å². The molecular formula is C13H21N5S2. The molecule has 0 bridgehead atoms. The van der Waals surface area contributed by atoms with Gasteiger partial charge in [0.2, 0.25) is 0 Å². The van der Waals surface area contributed by atoms with Crippen molar-refractivity contribution in [2.75, 3.05) is 44.9 Å². The van der Waals surface area contributed by atoms with E-state index in [0.29, 0.717) is 5.82 Å². The van der Waals surface area contributed by atoms with E-state index in [1.807, 2.05) is 12.3 Å². The van der Waals surface area contributed by atoms with Gasteiger partial charge in [-0.1, -0.05) is 0 Å². The summed E-state index contributed by atoms with van der Waals surface area (Å²) in [5.41, 5.74) is 8.04. The number of rotatable bonds is 6. The molecule has 2 heterocycles. The van der Waals surface area contributed by atoms with Crippen molar-refractivity contribution in [3.8, 4) is 10.6 Å². The van der Waals surface area contributed by atoms with Gasteiger partial charge in [-0.15, -0.1) is 11.3 Å². The Kier molecular flexibility index (Phi) is 4.95. The van der Waals surface area contributed by atoms with Crippen LogP contribution in [-0.2, 0) is 0 Å². The summed E-state index contributed by atoms with van der Waals surface area (Å²) in [4.78, 5) is 8.96. The Morgan fingerprint density at radius 3 is 2.60 bits per heavy atom. The van der Waals surface area contributed by atoms with Crippen molar-refractivity contribution < 1.29 is 0 Å². The molecule has 0 aliphatic carbocycles. The van der Waals surface area contributed by atoms with E-state index >= 15 is 0 Å². The second kappa shape index (κ2) is 6.51. The molecule has 20 heavy (non-hydrogen) atoms. The summed E-state index contributed by atoms with van der Waals surface area (Å²) < 4.78 is 4.30. The summed E-state index contributed by atoms with van der Waals surface area (Å²) in [6.07, 6.45) is 1.11.